The second kappa shape index (κ2) is 4.16. The molecule has 0 saturated carbocycles. The van der Waals surface area contributed by atoms with Crippen LogP contribution in [0.1, 0.15) is 24.9 Å². The average Bonchev–Trinajstić information content (AvgIpc) is 2.59. The van der Waals surface area contributed by atoms with Gasteiger partial charge in [0.15, 0.2) is 11.6 Å². The third-order valence-electron chi connectivity index (χ3n) is 2.62. The number of halogens is 1. The van der Waals surface area contributed by atoms with Gasteiger partial charge in [0.2, 0.25) is 0 Å². The van der Waals surface area contributed by atoms with Gasteiger partial charge < -0.3 is 9.57 Å². The number of fused-ring (bicyclic) bond motifs is 1. The highest BCUT2D eigenvalue weighted by atomic mass is 19.1. The molecule has 3 nitrogen and oxygen atoms in total. The minimum absolute atomic E-state index is 0.0724. The fourth-order valence-electron chi connectivity index (χ4n) is 1.90. The first-order valence-corrected chi connectivity index (χ1v) is 5.01. The SMILES string of the molecule is CCC1Oc2c(F)cccc2C1NOC. The van der Waals surface area contributed by atoms with Crippen LogP contribution >= 0.6 is 0 Å². The summed E-state index contributed by atoms with van der Waals surface area (Å²) in [5.41, 5.74) is 3.66. The lowest BCUT2D eigenvalue weighted by molar-refractivity contribution is 0.0279. The van der Waals surface area contributed by atoms with Crippen LogP contribution in [0.4, 0.5) is 4.39 Å². The minimum atomic E-state index is -0.314. The number of rotatable bonds is 3. The van der Waals surface area contributed by atoms with Crippen molar-refractivity contribution in [3.05, 3.63) is 29.6 Å². The molecule has 0 amide bonds. The summed E-state index contributed by atoms with van der Waals surface area (Å²) >= 11 is 0. The molecule has 1 aromatic rings. The van der Waals surface area contributed by atoms with Crippen molar-refractivity contribution >= 4 is 0 Å². The fourth-order valence-corrected chi connectivity index (χ4v) is 1.90. The summed E-state index contributed by atoms with van der Waals surface area (Å²) in [5.74, 6) is 0.0326. The lowest BCUT2D eigenvalue weighted by Gasteiger charge is -2.17. The van der Waals surface area contributed by atoms with E-state index in [4.69, 9.17) is 9.57 Å². The van der Waals surface area contributed by atoms with E-state index in [9.17, 15) is 4.39 Å². The van der Waals surface area contributed by atoms with Gasteiger partial charge in [-0.05, 0) is 12.5 Å². The Bertz CT molecular complexity index is 356. The van der Waals surface area contributed by atoms with Crippen molar-refractivity contribution in [1.29, 1.82) is 0 Å². The molecule has 1 aromatic carbocycles. The van der Waals surface area contributed by atoms with Crippen molar-refractivity contribution in [3.8, 4) is 5.75 Å². The van der Waals surface area contributed by atoms with Crippen LogP contribution in [-0.2, 0) is 4.84 Å². The number of nitrogens with one attached hydrogen (secondary N) is 1. The zero-order valence-corrected chi connectivity index (χ0v) is 8.79. The standard InChI is InChI=1S/C11H14FNO2/c1-3-9-10(13-14-2)7-5-4-6-8(12)11(7)15-9/h4-6,9-10,13H,3H2,1-2H3. The predicted octanol–water partition coefficient (Wildman–Crippen LogP) is 2.19. The lowest BCUT2D eigenvalue weighted by atomic mass is 10.0. The largest absolute Gasteiger partial charge is 0.485 e. The van der Waals surface area contributed by atoms with Gasteiger partial charge in [0.05, 0.1) is 13.2 Å². The zero-order chi connectivity index (χ0) is 10.8. The van der Waals surface area contributed by atoms with Crippen molar-refractivity contribution in [3.63, 3.8) is 0 Å². The van der Waals surface area contributed by atoms with Gasteiger partial charge >= 0.3 is 0 Å². The first-order valence-electron chi connectivity index (χ1n) is 5.01. The number of para-hydroxylation sites is 1. The maximum absolute atomic E-state index is 13.4. The van der Waals surface area contributed by atoms with Crippen molar-refractivity contribution in [2.24, 2.45) is 0 Å². The lowest BCUT2D eigenvalue weighted by Crippen LogP contribution is -2.29. The van der Waals surface area contributed by atoms with E-state index in [1.807, 2.05) is 13.0 Å². The summed E-state index contributed by atoms with van der Waals surface area (Å²) < 4.78 is 19.0. The molecule has 2 atom stereocenters. The molecule has 0 spiro atoms. The molecule has 0 bridgehead atoms. The van der Waals surface area contributed by atoms with Crippen LogP contribution in [0, 0.1) is 5.82 Å². The molecule has 1 aliphatic heterocycles. The van der Waals surface area contributed by atoms with Gasteiger partial charge in [0.1, 0.15) is 6.10 Å². The van der Waals surface area contributed by atoms with Crippen LogP contribution in [0.2, 0.25) is 0 Å². The van der Waals surface area contributed by atoms with Gasteiger partial charge in [-0.3, -0.25) is 0 Å². The summed E-state index contributed by atoms with van der Waals surface area (Å²) in [4.78, 5) is 4.90. The maximum Gasteiger partial charge on any atom is 0.165 e. The molecule has 0 saturated heterocycles. The Hall–Kier alpha value is -1.13. The van der Waals surface area contributed by atoms with E-state index in [1.54, 1.807) is 13.2 Å². The Morgan fingerprint density at radius 3 is 3.00 bits per heavy atom. The van der Waals surface area contributed by atoms with Crippen LogP contribution in [0.25, 0.3) is 0 Å². The van der Waals surface area contributed by atoms with E-state index in [2.05, 4.69) is 5.48 Å². The average molecular weight is 211 g/mol. The molecule has 1 N–H and O–H groups in total. The first-order chi connectivity index (χ1) is 7.27. The van der Waals surface area contributed by atoms with E-state index in [0.717, 1.165) is 12.0 Å². The zero-order valence-electron chi connectivity index (χ0n) is 8.79. The number of hydrogen-bond acceptors (Lipinski definition) is 3. The van der Waals surface area contributed by atoms with Crippen molar-refractivity contribution in [1.82, 2.24) is 5.48 Å². The Morgan fingerprint density at radius 2 is 2.33 bits per heavy atom. The highest BCUT2D eigenvalue weighted by molar-refractivity contribution is 5.41. The Labute approximate surface area is 88.1 Å². The topological polar surface area (TPSA) is 30.5 Å². The molecule has 1 heterocycles. The number of benzene rings is 1. The van der Waals surface area contributed by atoms with Crippen LogP contribution in [0.15, 0.2) is 18.2 Å². The molecule has 2 unspecified atom stereocenters. The molecule has 0 radical (unpaired) electrons. The molecule has 2 rings (SSSR count). The van der Waals surface area contributed by atoms with E-state index < -0.39 is 0 Å². The summed E-state index contributed by atoms with van der Waals surface area (Å²) in [6.07, 6.45) is 0.728. The number of ether oxygens (including phenoxy) is 1. The van der Waals surface area contributed by atoms with Gasteiger partial charge in [-0.1, -0.05) is 19.1 Å². The highest BCUT2D eigenvalue weighted by Crippen LogP contribution is 2.39. The van der Waals surface area contributed by atoms with E-state index >= 15 is 0 Å². The minimum Gasteiger partial charge on any atom is -0.485 e. The molecule has 4 heteroatoms. The van der Waals surface area contributed by atoms with Gasteiger partial charge in [0.25, 0.3) is 0 Å². The third-order valence-corrected chi connectivity index (χ3v) is 2.62. The Balaban J connectivity index is 2.35. The number of hydroxylamine groups is 1. The fraction of sp³-hybridized carbons (Fsp3) is 0.455. The molecular weight excluding hydrogens is 197 g/mol. The predicted molar refractivity (Wildman–Crippen MR) is 54.0 cm³/mol. The molecule has 0 fully saturated rings. The molecule has 15 heavy (non-hydrogen) atoms. The quantitative estimate of drug-likeness (QED) is 0.777. The second-order valence-electron chi connectivity index (χ2n) is 3.52. The van der Waals surface area contributed by atoms with Crippen molar-refractivity contribution < 1.29 is 14.0 Å². The molecule has 1 aliphatic rings. The van der Waals surface area contributed by atoms with Crippen LogP contribution in [0.5, 0.6) is 5.75 Å². The smallest absolute Gasteiger partial charge is 0.165 e. The van der Waals surface area contributed by atoms with E-state index in [-0.39, 0.29) is 18.0 Å². The van der Waals surface area contributed by atoms with Crippen molar-refractivity contribution in [2.75, 3.05) is 7.11 Å². The van der Waals surface area contributed by atoms with Crippen molar-refractivity contribution in [2.45, 2.75) is 25.5 Å². The van der Waals surface area contributed by atoms with Crippen LogP contribution in [-0.4, -0.2) is 13.2 Å². The molecule has 82 valence electrons. The Kier molecular flexibility index (Phi) is 2.88. The molecule has 0 aliphatic carbocycles. The third kappa shape index (κ3) is 1.70. The van der Waals surface area contributed by atoms with E-state index in [0.29, 0.717) is 5.75 Å². The molecular formula is C11H14FNO2. The Morgan fingerprint density at radius 1 is 1.53 bits per heavy atom. The second-order valence-corrected chi connectivity index (χ2v) is 3.52. The number of hydrogen-bond donors (Lipinski definition) is 1. The highest BCUT2D eigenvalue weighted by Gasteiger charge is 2.34. The summed E-state index contributed by atoms with van der Waals surface area (Å²) in [6, 6.07) is 4.84. The normalized spacial score (nSPS) is 23.7. The van der Waals surface area contributed by atoms with Gasteiger partial charge in [-0.15, -0.1) is 0 Å². The van der Waals surface area contributed by atoms with Crippen LogP contribution in [0.3, 0.4) is 0 Å². The first kappa shape index (κ1) is 10.4. The van der Waals surface area contributed by atoms with E-state index in [1.165, 1.54) is 6.07 Å². The van der Waals surface area contributed by atoms with Gasteiger partial charge in [-0.25, -0.2) is 4.39 Å². The van der Waals surface area contributed by atoms with Crippen LogP contribution < -0.4 is 10.2 Å². The summed E-state index contributed by atoms with van der Waals surface area (Å²) in [7, 11) is 1.55. The molecule has 0 aromatic heterocycles. The summed E-state index contributed by atoms with van der Waals surface area (Å²) in [5, 5.41) is 0. The maximum atomic E-state index is 13.4. The summed E-state index contributed by atoms with van der Waals surface area (Å²) in [6.45, 7) is 2.00. The van der Waals surface area contributed by atoms with Gasteiger partial charge in [-0.2, -0.15) is 5.48 Å². The monoisotopic (exact) mass is 211 g/mol. The van der Waals surface area contributed by atoms with Gasteiger partial charge in [0, 0.05) is 5.56 Å².